The monoisotopic (exact) mass is 652 g/mol. The van der Waals surface area contributed by atoms with Gasteiger partial charge in [-0.15, -0.1) is 0 Å². The lowest BCUT2D eigenvalue weighted by molar-refractivity contribution is -0.123. The fraction of sp³-hybridized carbons (Fsp3) is 0.405. The molecular formula is C37H41ClN6O3. The molecule has 1 saturated heterocycles. The van der Waals surface area contributed by atoms with E-state index in [4.69, 9.17) is 21.3 Å². The number of hydrogen-bond donors (Lipinski definition) is 1. The van der Waals surface area contributed by atoms with Gasteiger partial charge in [0.2, 0.25) is 5.91 Å². The van der Waals surface area contributed by atoms with E-state index in [1.54, 1.807) is 11.2 Å². The molecule has 2 unspecified atom stereocenters. The number of halogens is 1. The molecule has 3 aliphatic rings. The van der Waals surface area contributed by atoms with Crippen LogP contribution in [-0.4, -0.2) is 68.1 Å². The number of anilines is 1. The third kappa shape index (κ3) is 7.06. The number of benzene rings is 2. The normalized spacial score (nSPS) is 20.2. The Labute approximate surface area is 280 Å². The van der Waals surface area contributed by atoms with Gasteiger partial charge in [0.1, 0.15) is 12.1 Å². The van der Waals surface area contributed by atoms with E-state index in [-0.39, 0.29) is 18.1 Å². The molecule has 2 aromatic carbocycles. The Morgan fingerprint density at radius 2 is 1.83 bits per heavy atom. The minimum atomic E-state index is -0.758. The summed E-state index contributed by atoms with van der Waals surface area (Å²) in [5.74, 6) is -0.239. The van der Waals surface area contributed by atoms with Crippen LogP contribution in [0.25, 0.3) is 0 Å². The van der Waals surface area contributed by atoms with Crippen LogP contribution >= 0.6 is 11.6 Å². The van der Waals surface area contributed by atoms with E-state index in [0.29, 0.717) is 36.9 Å². The molecule has 3 heterocycles. The van der Waals surface area contributed by atoms with Gasteiger partial charge in [0.15, 0.2) is 0 Å². The highest BCUT2D eigenvalue weighted by atomic mass is 35.5. The number of pyridine rings is 1. The summed E-state index contributed by atoms with van der Waals surface area (Å²) in [7, 11) is 0. The molecule has 2 aromatic heterocycles. The van der Waals surface area contributed by atoms with Crippen molar-refractivity contribution in [1.29, 1.82) is 0 Å². The van der Waals surface area contributed by atoms with Crippen molar-refractivity contribution in [1.82, 2.24) is 24.3 Å². The number of rotatable bonds is 6. The molecule has 47 heavy (non-hydrogen) atoms. The zero-order chi connectivity index (χ0) is 32.3. The van der Waals surface area contributed by atoms with E-state index in [1.165, 1.54) is 17.5 Å². The van der Waals surface area contributed by atoms with Gasteiger partial charge in [0, 0.05) is 49.3 Å². The predicted octanol–water partition coefficient (Wildman–Crippen LogP) is 6.57. The Bertz CT molecular complexity index is 1750. The average Bonchev–Trinajstić information content (AvgIpc) is 3.41. The number of piperazine rings is 1. The van der Waals surface area contributed by atoms with Crippen LogP contribution in [0.2, 0.25) is 5.02 Å². The Morgan fingerprint density at radius 3 is 2.66 bits per heavy atom. The number of carbonyl (C=O) groups is 2. The van der Waals surface area contributed by atoms with E-state index < -0.39 is 12.1 Å². The van der Waals surface area contributed by atoms with Crippen molar-refractivity contribution < 1.29 is 14.3 Å². The quantitative estimate of drug-likeness (QED) is 0.253. The van der Waals surface area contributed by atoms with E-state index >= 15 is 0 Å². The lowest BCUT2D eigenvalue weighted by Crippen LogP contribution is -2.60. The molecule has 2 amide bonds. The molecule has 2 atom stereocenters. The number of amides is 2. The fourth-order valence-electron chi connectivity index (χ4n) is 7.37. The summed E-state index contributed by atoms with van der Waals surface area (Å²) >= 11 is 6.46. The van der Waals surface area contributed by atoms with Crippen molar-refractivity contribution in [2.75, 3.05) is 25.0 Å². The Kier molecular flexibility index (Phi) is 9.27. The van der Waals surface area contributed by atoms with Crippen molar-refractivity contribution >= 4 is 29.3 Å². The molecule has 2 aliphatic carbocycles. The van der Waals surface area contributed by atoms with Crippen molar-refractivity contribution in [3.63, 3.8) is 0 Å². The zero-order valence-electron chi connectivity index (χ0n) is 26.8. The summed E-state index contributed by atoms with van der Waals surface area (Å²) in [6, 6.07) is 17.1. The number of carbonyl (C=O) groups excluding carboxylic acids is 2. The topological polar surface area (TPSA) is 92.6 Å². The summed E-state index contributed by atoms with van der Waals surface area (Å²) in [4.78, 5) is 41.1. The molecule has 4 aromatic rings. The van der Waals surface area contributed by atoms with Crippen LogP contribution in [0.5, 0.6) is 0 Å². The summed E-state index contributed by atoms with van der Waals surface area (Å²) in [5, 5.41) is 3.85. The first-order valence-electron chi connectivity index (χ1n) is 16.7. The second-order valence-corrected chi connectivity index (χ2v) is 13.5. The molecular weight excluding hydrogens is 612 g/mol. The summed E-state index contributed by atoms with van der Waals surface area (Å²) in [5.41, 5.74) is 7.19. The van der Waals surface area contributed by atoms with Crippen LogP contribution < -0.4 is 5.32 Å². The highest BCUT2D eigenvalue weighted by Crippen LogP contribution is 2.38. The van der Waals surface area contributed by atoms with Gasteiger partial charge in [-0.25, -0.2) is 9.78 Å². The van der Waals surface area contributed by atoms with E-state index in [9.17, 15) is 9.59 Å². The summed E-state index contributed by atoms with van der Waals surface area (Å²) < 4.78 is 8.04. The Morgan fingerprint density at radius 1 is 0.979 bits per heavy atom. The first-order valence-corrected chi connectivity index (χ1v) is 17.1. The van der Waals surface area contributed by atoms with Crippen molar-refractivity contribution in [3.8, 4) is 0 Å². The molecule has 1 aliphatic heterocycles. The molecule has 2 fully saturated rings. The highest BCUT2D eigenvalue weighted by molar-refractivity contribution is 6.30. The maximum absolute atomic E-state index is 14.2. The third-order valence-electron chi connectivity index (χ3n) is 9.70. The van der Waals surface area contributed by atoms with Crippen LogP contribution in [0.1, 0.15) is 71.8 Å². The molecule has 9 nitrogen and oxygen atoms in total. The number of nitrogens with zero attached hydrogens (tertiary/aromatic N) is 5. The number of aromatic nitrogens is 3. The predicted molar refractivity (Wildman–Crippen MR) is 181 cm³/mol. The van der Waals surface area contributed by atoms with E-state index in [1.807, 2.05) is 60.3 Å². The zero-order valence-corrected chi connectivity index (χ0v) is 27.5. The van der Waals surface area contributed by atoms with E-state index in [0.717, 1.165) is 61.0 Å². The van der Waals surface area contributed by atoms with Gasteiger partial charge in [0.25, 0.3) is 0 Å². The standard InChI is InChI=1S/C37H41ClN6O3/c1-25-21-42(24-40-25)22-26-7-5-9-30(19-26)41-36(45)33-23-43(17-18-44(33)37(46)47-31-10-3-2-4-11-31)35-32-15-14-29(38)20-28(32)13-12-27-8-6-16-39-34(27)35/h5-9,14-16,19-21,24,31,33,35H,2-4,10-13,17-18,22-23H2,1H3,(H,41,45). The molecule has 0 bridgehead atoms. The smallest absolute Gasteiger partial charge is 0.410 e. The average molecular weight is 653 g/mol. The molecule has 0 spiro atoms. The molecule has 7 rings (SSSR count). The van der Waals surface area contributed by atoms with Gasteiger partial charge in [0.05, 0.1) is 23.8 Å². The van der Waals surface area contributed by atoms with Gasteiger partial charge < -0.3 is 14.6 Å². The number of imidazole rings is 1. The Balaban J connectivity index is 1.18. The van der Waals surface area contributed by atoms with Gasteiger partial charge in [-0.3, -0.25) is 19.6 Å². The summed E-state index contributed by atoms with van der Waals surface area (Å²) in [6.45, 7) is 3.88. The van der Waals surface area contributed by atoms with E-state index in [2.05, 4.69) is 33.4 Å². The first kappa shape index (κ1) is 31.4. The van der Waals surface area contributed by atoms with Gasteiger partial charge in [-0.2, -0.15) is 0 Å². The van der Waals surface area contributed by atoms with Crippen LogP contribution in [-0.2, 0) is 28.9 Å². The summed E-state index contributed by atoms with van der Waals surface area (Å²) in [6.07, 6.45) is 11.9. The number of fused-ring (bicyclic) bond motifs is 2. The molecule has 244 valence electrons. The number of nitrogens with one attached hydrogen (secondary N) is 1. The second kappa shape index (κ2) is 13.9. The lowest BCUT2D eigenvalue weighted by atomic mass is 9.95. The highest BCUT2D eigenvalue weighted by Gasteiger charge is 2.41. The van der Waals surface area contributed by atoms with Gasteiger partial charge in [-0.05, 0) is 98.0 Å². The second-order valence-electron chi connectivity index (χ2n) is 13.0. The van der Waals surface area contributed by atoms with Crippen molar-refractivity contribution in [2.24, 2.45) is 0 Å². The van der Waals surface area contributed by atoms with Crippen LogP contribution in [0.4, 0.5) is 10.5 Å². The third-order valence-corrected chi connectivity index (χ3v) is 9.94. The van der Waals surface area contributed by atoms with Crippen molar-refractivity contribution in [2.45, 2.75) is 76.6 Å². The van der Waals surface area contributed by atoms with Crippen molar-refractivity contribution in [3.05, 3.63) is 112 Å². The van der Waals surface area contributed by atoms with Crippen LogP contribution in [0.3, 0.4) is 0 Å². The molecule has 10 heteroatoms. The molecule has 1 saturated carbocycles. The number of aryl methyl sites for hydroxylation is 3. The van der Waals surface area contributed by atoms with Crippen LogP contribution in [0, 0.1) is 6.92 Å². The van der Waals surface area contributed by atoms with Gasteiger partial charge in [-0.1, -0.05) is 42.3 Å². The molecule has 0 radical (unpaired) electrons. The largest absolute Gasteiger partial charge is 0.446 e. The van der Waals surface area contributed by atoms with Crippen LogP contribution in [0.15, 0.2) is 73.3 Å². The first-order chi connectivity index (χ1) is 22.9. The minimum absolute atomic E-state index is 0.101. The SMILES string of the molecule is Cc1cn(Cc2cccc(NC(=O)C3CN(C4c5ccc(Cl)cc5CCc5cccnc54)CCN3C(=O)OC3CCCCC3)c2)cn1. The maximum atomic E-state index is 14.2. The number of ether oxygens (including phenoxy) is 1. The molecule has 1 N–H and O–H groups in total. The fourth-order valence-corrected chi connectivity index (χ4v) is 7.56. The number of hydrogen-bond acceptors (Lipinski definition) is 6. The maximum Gasteiger partial charge on any atom is 0.410 e. The minimum Gasteiger partial charge on any atom is -0.446 e. The Hall–Kier alpha value is -4.21. The van der Waals surface area contributed by atoms with Gasteiger partial charge >= 0.3 is 6.09 Å². The lowest BCUT2D eigenvalue weighted by Gasteiger charge is -2.43.